The zero-order chi connectivity index (χ0) is 23.4. The maximum atomic E-state index is 12.3. The number of rotatable bonds is 8. The third kappa shape index (κ3) is 5.89. The van der Waals surface area contributed by atoms with E-state index < -0.39 is 6.36 Å². The number of hydrogen-bond acceptors (Lipinski definition) is 7. The second-order valence-electron chi connectivity index (χ2n) is 7.57. The van der Waals surface area contributed by atoms with Crippen molar-refractivity contribution < 1.29 is 17.9 Å². The molecule has 4 aromatic rings. The first kappa shape index (κ1) is 22.8. The van der Waals surface area contributed by atoms with E-state index in [1.54, 1.807) is 17.6 Å². The molecule has 0 fully saturated rings. The SMILES string of the molecule is CN(C)c1nc(NCCCc2ccc(-c3ccc(OC(F)(F)F)cc3)cc2)c2ncsc2n1. The van der Waals surface area contributed by atoms with E-state index in [-0.39, 0.29) is 5.75 Å². The van der Waals surface area contributed by atoms with Gasteiger partial charge in [-0.15, -0.1) is 24.5 Å². The Hall–Kier alpha value is -3.40. The molecule has 0 unspecified atom stereocenters. The Balaban J connectivity index is 1.32. The molecule has 0 aliphatic heterocycles. The Bertz CT molecular complexity index is 1210. The molecule has 0 atom stereocenters. The quantitative estimate of drug-likeness (QED) is 0.328. The monoisotopic (exact) mass is 473 g/mol. The molecule has 33 heavy (non-hydrogen) atoms. The molecule has 2 heterocycles. The Morgan fingerprint density at radius 3 is 2.27 bits per heavy atom. The number of fused-ring (bicyclic) bond motifs is 1. The highest BCUT2D eigenvalue weighted by atomic mass is 32.1. The van der Waals surface area contributed by atoms with E-state index >= 15 is 0 Å². The number of nitrogens with zero attached hydrogens (tertiary/aromatic N) is 4. The highest BCUT2D eigenvalue weighted by Gasteiger charge is 2.30. The van der Waals surface area contributed by atoms with Gasteiger partial charge in [0.15, 0.2) is 10.6 Å². The number of halogens is 3. The number of hydrogen-bond donors (Lipinski definition) is 1. The molecule has 6 nitrogen and oxygen atoms in total. The number of ether oxygens (including phenoxy) is 1. The first-order chi connectivity index (χ1) is 15.8. The molecule has 172 valence electrons. The van der Waals surface area contributed by atoms with Crippen LogP contribution < -0.4 is 15.0 Å². The molecule has 0 aliphatic carbocycles. The van der Waals surface area contributed by atoms with Crippen molar-refractivity contribution in [2.24, 2.45) is 0 Å². The van der Waals surface area contributed by atoms with Gasteiger partial charge in [0.1, 0.15) is 11.3 Å². The van der Waals surface area contributed by atoms with E-state index in [1.165, 1.54) is 29.0 Å². The number of benzene rings is 2. The molecule has 0 radical (unpaired) electrons. The number of aryl methyl sites for hydroxylation is 1. The summed E-state index contributed by atoms with van der Waals surface area (Å²) in [5.74, 6) is 1.15. The summed E-state index contributed by atoms with van der Waals surface area (Å²) in [7, 11) is 3.81. The maximum Gasteiger partial charge on any atom is 0.573 e. The summed E-state index contributed by atoms with van der Waals surface area (Å²) in [4.78, 5) is 16.1. The van der Waals surface area contributed by atoms with Crippen LogP contribution in [0.3, 0.4) is 0 Å². The van der Waals surface area contributed by atoms with Crippen molar-refractivity contribution in [2.75, 3.05) is 30.9 Å². The molecule has 0 aliphatic rings. The molecular weight excluding hydrogens is 451 g/mol. The summed E-state index contributed by atoms with van der Waals surface area (Å²) in [5.41, 5.74) is 5.47. The van der Waals surface area contributed by atoms with Crippen molar-refractivity contribution in [3.8, 4) is 16.9 Å². The van der Waals surface area contributed by atoms with E-state index in [9.17, 15) is 13.2 Å². The van der Waals surface area contributed by atoms with Crippen molar-refractivity contribution in [1.82, 2.24) is 15.0 Å². The largest absolute Gasteiger partial charge is 0.573 e. The van der Waals surface area contributed by atoms with Gasteiger partial charge in [-0.25, -0.2) is 4.98 Å². The lowest BCUT2D eigenvalue weighted by Crippen LogP contribution is -2.16. The summed E-state index contributed by atoms with van der Waals surface area (Å²) in [6, 6.07) is 13.9. The smallest absolute Gasteiger partial charge is 0.406 e. The zero-order valence-electron chi connectivity index (χ0n) is 18.1. The normalized spacial score (nSPS) is 11.5. The topological polar surface area (TPSA) is 63.2 Å². The van der Waals surface area contributed by atoms with Gasteiger partial charge in [0.25, 0.3) is 0 Å². The van der Waals surface area contributed by atoms with Gasteiger partial charge >= 0.3 is 6.36 Å². The molecule has 2 aromatic carbocycles. The van der Waals surface area contributed by atoms with Crippen molar-refractivity contribution in [1.29, 1.82) is 0 Å². The van der Waals surface area contributed by atoms with Crippen LogP contribution in [0.15, 0.2) is 54.0 Å². The first-order valence-corrected chi connectivity index (χ1v) is 11.1. The molecule has 0 bridgehead atoms. The van der Waals surface area contributed by atoms with Crippen LogP contribution in [0.25, 0.3) is 21.5 Å². The van der Waals surface area contributed by atoms with Gasteiger partial charge in [-0.1, -0.05) is 36.4 Å². The number of anilines is 2. The van der Waals surface area contributed by atoms with E-state index in [2.05, 4.69) is 25.0 Å². The van der Waals surface area contributed by atoms with Gasteiger partial charge in [0, 0.05) is 20.6 Å². The van der Waals surface area contributed by atoms with Gasteiger partial charge in [0.05, 0.1) is 5.51 Å². The number of nitrogens with one attached hydrogen (secondary N) is 1. The van der Waals surface area contributed by atoms with Gasteiger partial charge in [-0.2, -0.15) is 9.97 Å². The fourth-order valence-corrected chi connectivity index (χ4v) is 3.94. The number of alkyl halides is 3. The lowest BCUT2D eigenvalue weighted by Gasteiger charge is -2.12. The highest BCUT2D eigenvalue weighted by molar-refractivity contribution is 7.16. The molecule has 1 N–H and O–H groups in total. The van der Waals surface area contributed by atoms with Gasteiger partial charge in [-0.3, -0.25) is 0 Å². The second kappa shape index (κ2) is 9.62. The Morgan fingerprint density at radius 2 is 1.64 bits per heavy atom. The Morgan fingerprint density at radius 1 is 0.970 bits per heavy atom. The minimum absolute atomic E-state index is 0.230. The van der Waals surface area contributed by atoms with Crippen LogP contribution >= 0.6 is 11.3 Å². The summed E-state index contributed by atoms with van der Waals surface area (Å²) in [6.07, 6.45) is -2.92. The predicted octanol–water partition coefficient (Wildman–Crippen LogP) is 5.76. The fourth-order valence-electron chi connectivity index (χ4n) is 3.29. The van der Waals surface area contributed by atoms with E-state index in [1.807, 2.05) is 43.3 Å². The maximum absolute atomic E-state index is 12.3. The van der Waals surface area contributed by atoms with Crippen LogP contribution in [-0.4, -0.2) is 42.0 Å². The average molecular weight is 474 g/mol. The third-order valence-corrected chi connectivity index (χ3v) is 5.61. The second-order valence-corrected chi connectivity index (χ2v) is 8.41. The lowest BCUT2D eigenvalue weighted by atomic mass is 10.0. The van der Waals surface area contributed by atoms with Gasteiger partial charge in [0.2, 0.25) is 5.95 Å². The van der Waals surface area contributed by atoms with Crippen LogP contribution in [-0.2, 0) is 6.42 Å². The first-order valence-electron chi connectivity index (χ1n) is 10.3. The molecule has 4 rings (SSSR count). The van der Waals surface area contributed by atoms with Crippen LogP contribution in [0, 0.1) is 0 Å². The molecular formula is C23H22F3N5OS. The molecule has 0 saturated carbocycles. The minimum atomic E-state index is -4.69. The van der Waals surface area contributed by atoms with E-state index in [0.717, 1.165) is 46.7 Å². The van der Waals surface area contributed by atoms with Crippen molar-refractivity contribution in [2.45, 2.75) is 19.2 Å². The molecule has 0 amide bonds. The third-order valence-electron chi connectivity index (χ3n) is 4.90. The lowest BCUT2D eigenvalue weighted by molar-refractivity contribution is -0.274. The highest BCUT2D eigenvalue weighted by Crippen LogP contribution is 2.27. The summed E-state index contributed by atoms with van der Waals surface area (Å²) < 4.78 is 40.8. The fraction of sp³-hybridized carbons (Fsp3) is 0.261. The van der Waals surface area contributed by atoms with E-state index in [4.69, 9.17) is 0 Å². The Labute approximate surface area is 193 Å². The molecule has 2 aromatic heterocycles. The van der Waals surface area contributed by atoms with Gasteiger partial charge < -0.3 is 15.0 Å². The summed E-state index contributed by atoms with van der Waals surface area (Å²) in [6.45, 7) is 0.735. The van der Waals surface area contributed by atoms with Crippen molar-refractivity contribution >= 4 is 33.5 Å². The molecule has 0 saturated heterocycles. The molecule has 10 heteroatoms. The van der Waals surface area contributed by atoms with Crippen LogP contribution in [0.5, 0.6) is 5.75 Å². The summed E-state index contributed by atoms with van der Waals surface area (Å²) in [5, 5.41) is 3.37. The predicted molar refractivity (Wildman–Crippen MR) is 125 cm³/mol. The zero-order valence-corrected chi connectivity index (χ0v) is 18.9. The minimum Gasteiger partial charge on any atom is -0.406 e. The standard InChI is InChI=1S/C23H22F3N5OS/c1-31(2)22-29-20(19-21(30-22)33-14-28-19)27-13-3-4-15-5-7-16(8-6-15)17-9-11-18(12-10-17)32-23(24,25)26/h5-12,14H,3-4,13H2,1-2H3,(H,27,29,30). The molecule has 0 spiro atoms. The van der Waals surface area contributed by atoms with Crippen LogP contribution in [0.1, 0.15) is 12.0 Å². The van der Waals surface area contributed by atoms with E-state index in [0.29, 0.717) is 5.95 Å². The summed E-state index contributed by atoms with van der Waals surface area (Å²) >= 11 is 1.49. The van der Waals surface area contributed by atoms with Crippen molar-refractivity contribution in [3.63, 3.8) is 0 Å². The number of thiazole rings is 1. The van der Waals surface area contributed by atoms with Crippen LogP contribution in [0.4, 0.5) is 24.9 Å². The Kier molecular flexibility index (Phi) is 6.64. The van der Waals surface area contributed by atoms with Gasteiger partial charge in [-0.05, 0) is 41.7 Å². The average Bonchev–Trinajstić information content (AvgIpc) is 3.25. The van der Waals surface area contributed by atoms with Crippen LogP contribution in [0.2, 0.25) is 0 Å². The van der Waals surface area contributed by atoms with Crippen molar-refractivity contribution in [3.05, 3.63) is 59.6 Å². The number of aromatic nitrogens is 3.